The molecule has 0 unspecified atom stereocenters. The number of hydrogen-bond donors (Lipinski definition) is 1. The average molecular weight is 370 g/mol. The number of amides is 1. The number of thiophene rings is 1. The molecule has 3 heterocycles. The summed E-state index contributed by atoms with van der Waals surface area (Å²) in [6.07, 6.45) is 0. The number of carbonyl (C=O) groups excluding carboxylic acids is 1. The van der Waals surface area contributed by atoms with Crippen LogP contribution in [-0.4, -0.2) is 27.0 Å². The van der Waals surface area contributed by atoms with Crippen molar-refractivity contribution >= 4 is 49.0 Å². The maximum atomic E-state index is 12.5. The minimum absolute atomic E-state index is 0.0657. The SMILES string of the molecule is Cc1nc2sccc2c(=O)n1CCNC(=O)c1ccc2ncsc2c1. The highest BCUT2D eigenvalue weighted by Gasteiger charge is 2.10. The normalized spacial score (nSPS) is 11.2. The molecule has 1 amide bonds. The summed E-state index contributed by atoms with van der Waals surface area (Å²) in [5.41, 5.74) is 3.17. The van der Waals surface area contributed by atoms with Gasteiger partial charge in [0.25, 0.3) is 11.5 Å². The molecule has 0 aliphatic rings. The molecule has 0 bridgehead atoms. The number of hydrogen-bond acceptors (Lipinski definition) is 6. The van der Waals surface area contributed by atoms with Gasteiger partial charge in [0.05, 0.1) is 21.1 Å². The summed E-state index contributed by atoms with van der Waals surface area (Å²) < 4.78 is 2.58. The summed E-state index contributed by atoms with van der Waals surface area (Å²) in [5.74, 6) is 0.492. The lowest BCUT2D eigenvalue weighted by Gasteiger charge is -2.10. The molecule has 8 heteroatoms. The van der Waals surface area contributed by atoms with Gasteiger partial charge in [-0.05, 0) is 36.6 Å². The first-order valence-electron chi connectivity index (χ1n) is 7.69. The Balaban J connectivity index is 1.48. The zero-order valence-corrected chi connectivity index (χ0v) is 15.0. The standard InChI is InChI=1S/C17H14N4O2S2/c1-10-20-16-12(4-7-24-16)17(23)21(10)6-5-18-15(22)11-2-3-13-14(8-11)25-9-19-13/h2-4,7-9H,5-6H2,1H3,(H,18,22). The molecule has 25 heavy (non-hydrogen) atoms. The molecule has 0 radical (unpaired) electrons. The third kappa shape index (κ3) is 2.94. The van der Waals surface area contributed by atoms with Crippen molar-refractivity contribution in [3.8, 4) is 0 Å². The van der Waals surface area contributed by atoms with Crippen molar-refractivity contribution in [2.75, 3.05) is 6.54 Å². The lowest BCUT2D eigenvalue weighted by molar-refractivity contribution is 0.0952. The summed E-state index contributed by atoms with van der Waals surface area (Å²) in [6.45, 7) is 2.55. The van der Waals surface area contributed by atoms with E-state index in [1.54, 1.807) is 29.1 Å². The van der Waals surface area contributed by atoms with Crippen LogP contribution in [0.4, 0.5) is 0 Å². The van der Waals surface area contributed by atoms with E-state index in [4.69, 9.17) is 0 Å². The topological polar surface area (TPSA) is 76.9 Å². The Kier molecular flexibility index (Phi) is 4.06. The van der Waals surface area contributed by atoms with Crippen LogP contribution in [0.2, 0.25) is 0 Å². The molecule has 3 aromatic heterocycles. The van der Waals surface area contributed by atoms with Gasteiger partial charge in [-0.25, -0.2) is 9.97 Å². The molecule has 4 aromatic rings. The van der Waals surface area contributed by atoms with Crippen LogP contribution in [0.3, 0.4) is 0 Å². The summed E-state index contributed by atoms with van der Waals surface area (Å²) in [4.78, 5) is 34.2. The number of nitrogens with one attached hydrogen (secondary N) is 1. The van der Waals surface area contributed by atoms with Crippen LogP contribution in [0.1, 0.15) is 16.2 Å². The fourth-order valence-corrected chi connectivity index (χ4v) is 4.21. The van der Waals surface area contributed by atoms with Crippen molar-refractivity contribution in [2.45, 2.75) is 13.5 Å². The number of thiazole rings is 1. The van der Waals surface area contributed by atoms with E-state index in [1.807, 2.05) is 17.5 Å². The average Bonchev–Trinajstić information content (AvgIpc) is 3.25. The second-order valence-electron chi connectivity index (χ2n) is 5.55. The maximum absolute atomic E-state index is 12.5. The van der Waals surface area contributed by atoms with Crippen LogP contribution in [-0.2, 0) is 6.54 Å². The molecule has 4 rings (SSSR count). The van der Waals surface area contributed by atoms with Crippen molar-refractivity contribution in [3.05, 3.63) is 56.9 Å². The molecule has 1 aromatic carbocycles. The minimum atomic E-state index is -0.162. The van der Waals surface area contributed by atoms with Crippen molar-refractivity contribution in [2.24, 2.45) is 0 Å². The molecule has 0 atom stereocenters. The van der Waals surface area contributed by atoms with Crippen LogP contribution < -0.4 is 10.9 Å². The van der Waals surface area contributed by atoms with Crippen LogP contribution in [0.25, 0.3) is 20.4 Å². The number of fused-ring (bicyclic) bond motifs is 2. The number of rotatable bonds is 4. The molecule has 126 valence electrons. The molecular formula is C17H14N4O2S2. The summed E-state index contributed by atoms with van der Waals surface area (Å²) in [6, 6.07) is 7.21. The molecule has 0 saturated carbocycles. The molecular weight excluding hydrogens is 356 g/mol. The van der Waals surface area contributed by atoms with Crippen LogP contribution in [0.5, 0.6) is 0 Å². The monoisotopic (exact) mass is 370 g/mol. The van der Waals surface area contributed by atoms with Crippen molar-refractivity contribution in [1.29, 1.82) is 0 Å². The zero-order chi connectivity index (χ0) is 17.4. The van der Waals surface area contributed by atoms with Gasteiger partial charge in [0.15, 0.2) is 0 Å². The fraction of sp³-hybridized carbons (Fsp3) is 0.176. The van der Waals surface area contributed by atoms with Crippen molar-refractivity contribution in [3.63, 3.8) is 0 Å². The van der Waals surface area contributed by atoms with E-state index in [0.29, 0.717) is 29.9 Å². The smallest absolute Gasteiger partial charge is 0.262 e. The van der Waals surface area contributed by atoms with E-state index in [1.165, 1.54) is 22.7 Å². The highest BCUT2D eigenvalue weighted by atomic mass is 32.1. The quantitative estimate of drug-likeness (QED) is 0.599. The Morgan fingerprint density at radius 3 is 3.04 bits per heavy atom. The van der Waals surface area contributed by atoms with Gasteiger partial charge in [-0.15, -0.1) is 22.7 Å². The second-order valence-corrected chi connectivity index (χ2v) is 7.33. The largest absolute Gasteiger partial charge is 0.350 e. The zero-order valence-electron chi connectivity index (χ0n) is 13.4. The molecule has 0 spiro atoms. The van der Waals surface area contributed by atoms with Gasteiger partial charge >= 0.3 is 0 Å². The lowest BCUT2D eigenvalue weighted by atomic mass is 10.2. The van der Waals surface area contributed by atoms with Gasteiger partial charge < -0.3 is 5.32 Å². The van der Waals surface area contributed by atoms with Gasteiger partial charge in [0.2, 0.25) is 0 Å². The lowest BCUT2D eigenvalue weighted by Crippen LogP contribution is -2.32. The number of aromatic nitrogens is 3. The number of nitrogens with zero attached hydrogens (tertiary/aromatic N) is 3. The summed E-state index contributed by atoms with van der Waals surface area (Å²) >= 11 is 2.96. The number of benzene rings is 1. The molecule has 6 nitrogen and oxygen atoms in total. The predicted molar refractivity (Wildman–Crippen MR) is 101 cm³/mol. The summed E-state index contributed by atoms with van der Waals surface area (Å²) in [7, 11) is 0. The van der Waals surface area contributed by atoms with Gasteiger partial charge in [-0.3, -0.25) is 14.2 Å². The number of carbonyl (C=O) groups is 1. The van der Waals surface area contributed by atoms with E-state index < -0.39 is 0 Å². The Morgan fingerprint density at radius 2 is 2.16 bits per heavy atom. The summed E-state index contributed by atoms with van der Waals surface area (Å²) in [5, 5.41) is 5.35. The number of aryl methyl sites for hydroxylation is 1. The third-order valence-electron chi connectivity index (χ3n) is 3.99. The first kappa shape index (κ1) is 15.9. The third-order valence-corrected chi connectivity index (χ3v) is 5.59. The first-order valence-corrected chi connectivity index (χ1v) is 9.45. The van der Waals surface area contributed by atoms with Crippen molar-refractivity contribution < 1.29 is 4.79 Å². The maximum Gasteiger partial charge on any atom is 0.262 e. The fourth-order valence-electron chi connectivity index (χ4n) is 2.69. The van der Waals surface area contributed by atoms with E-state index in [0.717, 1.165) is 15.0 Å². The molecule has 0 aliphatic carbocycles. The van der Waals surface area contributed by atoms with E-state index in [-0.39, 0.29) is 11.5 Å². The first-order chi connectivity index (χ1) is 12.1. The van der Waals surface area contributed by atoms with Crippen LogP contribution in [0, 0.1) is 6.92 Å². The van der Waals surface area contributed by atoms with Gasteiger partial charge in [0.1, 0.15) is 10.7 Å². The van der Waals surface area contributed by atoms with Gasteiger partial charge in [-0.1, -0.05) is 0 Å². The van der Waals surface area contributed by atoms with Crippen molar-refractivity contribution in [1.82, 2.24) is 19.9 Å². The molecule has 1 N–H and O–H groups in total. The molecule has 0 fully saturated rings. The van der Waals surface area contributed by atoms with Gasteiger partial charge in [-0.2, -0.15) is 0 Å². The second kappa shape index (κ2) is 6.38. The predicted octanol–water partition coefficient (Wildman–Crippen LogP) is 2.81. The Bertz CT molecular complexity index is 1140. The molecule has 0 saturated heterocycles. The van der Waals surface area contributed by atoms with Crippen LogP contribution >= 0.6 is 22.7 Å². The highest BCUT2D eigenvalue weighted by molar-refractivity contribution is 7.17. The highest BCUT2D eigenvalue weighted by Crippen LogP contribution is 2.19. The van der Waals surface area contributed by atoms with E-state index >= 15 is 0 Å². The Morgan fingerprint density at radius 1 is 1.28 bits per heavy atom. The van der Waals surface area contributed by atoms with E-state index in [9.17, 15) is 9.59 Å². The Labute approximate surface area is 150 Å². The van der Waals surface area contributed by atoms with E-state index in [2.05, 4.69) is 15.3 Å². The van der Waals surface area contributed by atoms with Crippen LogP contribution in [0.15, 0.2) is 40.0 Å². The Hall–Kier alpha value is -2.58. The molecule has 0 aliphatic heterocycles. The van der Waals surface area contributed by atoms with Gasteiger partial charge in [0, 0.05) is 18.7 Å². The minimum Gasteiger partial charge on any atom is -0.350 e.